The summed E-state index contributed by atoms with van der Waals surface area (Å²) in [5.41, 5.74) is 0.677. The smallest absolute Gasteiger partial charge is 0.309 e. The van der Waals surface area contributed by atoms with Crippen LogP contribution in [0.5, 0.6) is 0 Å². The van der Waals surface area contributed by atoms with E-state index in [0.29, 0.717) is 23.6 Å². The van der Waals surface area contributed by atoms with Crippen molar-refractivity contribution in [3.63, 3.8) is 0 Å². The highest BCUT2D eigenvalue weighted by Crippen LogP contribution is 2.21. The number of nitrogens with one attached hydrogen (secondary N) is 2. The zero-order valence-electron chi connectivity index (χ0n) is 16.1. The SMILES string of the molecule is O=C(NCc1ccccc1Cl)C(=O)NC[C@@H]1OCCCN1S(=O)(=O)c1ccccc1. The third-order valence-corrected chi connectivity index (χ3v) is 6.82. The number of sulfonamides is 1. The number of rotatable bonds is 6. The van der Waals surface area contributed by atoms with Gasteiger partial charge in [-0.25, -0.2) is 8.42 Å². The number of hydrogen-bond donors (Lipinski definition) is 2. The van der Waals surface area contributed by atoms with E-state index in [4.69, 9.17) is 16.3 Å². The standard InChI is InChI=1S/C20H22ClN3O5S/c21-17-10-5-4-7-15(17)13-22-19(25)20(26)23-14-18-24(11-6-12-29-18)30(27,28)16-8-2-1-3-9-16/h1-5,7-10,18H,6,11-14H2,(H,22,25)(H,23,26)/t18-/m0/s1. The number of carbonyl (C=O) groups excluding carboxylic acids is 2. The quantitative estimate of drug-likeness (QED) is 0.648. The third-order valence-electron chi connectivity index (χ3n) is 4.54. The van der Waals surface area contributed by atoms with E-state index in [1.165, 1.54) is 16.4 Å². The van der Waals surface area contributed by atoms with Gasteiger partial charge in [0, 0.05) is 18.1 Å². The fourth-order valence-electron chi connectivity index (χ4n) is 2.99. The molecule has 2 aromatic rings. The van der Waals surface area contributed by atoms with Gasteiger partial charge in [0.1, 0.15) is 6.23 Å². The molecule has 0 saturated carbocycles. The minimum atomic E-state index is -3.79. The Morgan fingerprint density at radius 2 is 1.70 bits per heavy atom. The zero-order valence-corrected chi connectivity index (χ0v) is 17.7. The molecule has 2 aromatic carbocycles. The molecule has 2 amide bonds. The number of nitrogens with zero attached hydrogens (tertiary/aromatic N) is 1. The van der Waals surface area contributed by atoms with E-state index in [2.05, 4.69) is 10.6 Å². The van der Waals surface area contributed by atoms with Crippen molar-refractivity contribution >= 4 is 33.4 Å². The van der Waals surface area contributed by atoms with Crippen molar-refractivity contribution in [2.75, 3.05) is 19.7 Å². The summed E-state index contributed by atoms with van der Waals surface area (Å²) in [7, 11) is -3.79. The topological polar surface area (TPSA) is 105 Å². The molecule has 160 valence electrons. The van der Waals surface area contributed by atoms with Crippen LogP contribution in [0.1, 0.15) is 12.0 Å². The van der Waals surface area contributed by atoms with Gasteiger partial charge in [-0.1, -0.05) is 48.0 Å². The molecule has 1 heterocycles. The van der Waals surface area contributed by atoms with Crippen LogP contribution in [0.15, 0.2) is 59.5 Å². The molecular weight excluding hydrogens is 430 g/mol. The summed E-state index contributed by atoms with van der Waals surface area (Å²) >= 11 is 6.03. The van der Waals surface area contributed by atoms with Gasteiger partial charge >= 0.3 is 11.8 Å². The minimum Gasteiger partial charge on any atom is -0.360 e. The Balaban J connectivity index is 1.58. The Hall–Kier alpha value is -2.46. The molecule has 30 heavy (non-hydrogen) atoms. The van der Waals surface area contributed by atoms with Crippen LogP contribution in [0.25, 0.3) is 0 Å². The molecular formula is C20H22ClN3O5S. The van der Waals surface area contributed by atoms with E-state index in [9.17, 15) is 18.0 Å². The van der Waals surface area contributed by atoms with Crippen LogP contribution in [0.4, 0.5) is 0 Å². The third kappa shape index (κ3) is 5.37. The molecule has 8 nitrogen and oxygen atoms in total. The van der Waals surface area contributed by atoms with Gasteiger partial charge in [0.15, 0.2) is 0 Å². The summed E-state index contributed by atoms with van der Waals surface area (Å²) in [6, 6.07) is 15.0. The first kappa shape index (κ1) is 22.2. The lowest BCUT2D eigenvalue weighted by Crippen LogP contribution is -2.53. The van der Waals surface area contributed by atoms with Gasteiger partial charge in [-0.05, 0) is 30.2 Å². The van der Waals surface area contributed by atoms with Crippen LogP contribution in [0.3, 0.4) is 0 Å². The molecule has 1 aliphatic heterocycles. The fourth-order valence-corrected chi connectivity index (χ4v) is 4.78. The zero-order chi connectivity index (χ0) is 21.6. The average Bonchev–Trinajstić information content (AvgIpc) is 2.77. The van der Waals surface area contributed by atoms with Gasteiger partial charge in [0.2, 0.25) is 10.0 Å². The second-order valence-corrected chi connectivity index (χ2v) is 8.89. The highest BCUT2D eigenvalue weighted by Gasteiger charge is 2.34. The van der Waals surface area contributed by atoms with E-state index in [1.807, 2.05) is 0 Å². The molecule has 0 spiro atoms. The van der Waals surface area contributed by atoms with Crippen molar-refractivity contribution in [2.24, 2.45) is 0 Å². The summed E-state index contributed by atoms with van der Waals surface area (Å²) in [5.74, 6) is -1.73. The first-order chi connectivity index (χ1) is 14.4. The van der Waals surface area contributed by atoms with Crippen LogP contribution in [-0.2, 0) is 30.9 Å². The molecule has 1 atom stereocenters. The molecule has 3 rings (SSSR count). The highest BCUT2D eigenvalue weighted by atomic mass is 35.5. The van der Waals surface area contributed by atoms with E-state index < -0.39 is 28.1 Å². The molecule has 0 aliphatic carbocycles. The fraction of sp³-hybridized carbons (Fsp3) is 0.300. The van der Waals surface area contributed by atoms with Gasteiger partial charge in [0.05, 0.1) is 18.0 Å². The average molecular weight is 452 g/mol. The Labute approximate surface area is 180 Å². The van der Waals surface area contributed by atoms with Gasteiger partial charge in [-0.15, -0.1) is 0 Å². The molecule has 2 N–H and O–H groups in total. The second kappa shape index (κ2) is 10.0. The lowest BCUT2D eigenvalue weighted by atomic mass is 10.2. The molecule has 10 heteroatoms. The van der Waals surface area contributed by atoms with Crippen LogP contribution in [0.2, 0.25) is 5.02 Å². The molecule has 0 unspecified atom stereocenters. The summed E-state index contributed by atoms with van der Waals surface area (Å²) in [6.07, 6.45) is -0.362. The van der Waals surface area contributed by atoms with E-state index >= 15 is 0 Å². The number of hydrogen-bond acceptors (Lipinski definition) is 5. The van der Waals surface area contributed by atoms with Crippen molar-refractivity contribution < 1.29 is 22.7 Å². The van der Waals surface area contributed by atoms with E-state index in [-0.39, 0.29) is 24.5 Å². The normalized spacial score (nSPS) is 17.3. The summed E-state index contributed by atoms with van der Waals surface area (Å²) in [4.78, 5) is 24.3. The van der Waals surface area contributed by atoms with Crippen molar-refractivity contribution in [2.45, 2.75) is 24.1 Å². The van der Waals surface area contributed by atoms with Gasteiger partial charge in [-0.2, -0.15) is 4.31 Å². The van der Waals surface area contributed by atoms with E-state index in [1.54, 1.807) is 42.5 Å². The first-order valence-corrected chi connectivity index (χ1v) is 11.2. The summed E-state index contributed by atoms with van der Waals surface area (Å²) in [5, 5.41) is 5.41. The molecule has 1 fully saturated rings. The van der Waals surface area contributed by atoms with Crippen LogP contribution in [-0.4, -0.2) is 50.5 Å². The molecule has 1 aliphatic rings. The van der Waals surface area contributed by atoms with Crippen molar-refractivity contribution in [1.82, 2.24) is 14.9 Å². The number of benzene rings is 2. The molecule has 0 aromatic heterocycles. The van der Waals surface area contributed by atoms with Crippen molar-refractivity contribution in [3.8, 4) is 0 Å². The molecule has 0 radical (unpaired) electrons. The Kier molecular flexibility index (Phi) is 7.43. The van der Waals surface area contributed by atoms with Crippen molar-refractivity contribution in [3.05, 3.63) is 65.2 Å². The van der Waals surface area contributed by atoms with Crippen LogP contribution < -0.4 is 10.6 Å². The van der Waals surface area contributed by atoms with Gasteiger partial charge in [-0.3, -0.25) is 9.59 Å². The Morgan fingerprint density at radius 3 is 2.43 bits per heavy atom. The van der Waals surface area contributed by atoms with Gasteiger partial charge < -0.3 is 15.4 Å². The monoisotopic (exact) mass is 451 g/mol. The van der Waals surface area contributed by atoms with Crippen molar-refractivity contribution in [1.29, 1.82) is 0 Å². The van der Waals surface area contributed by atoms with Gasteiger partial charge in [0.25, 0.3) is 0 Å². The highest BCUT2D eigenvalue weighted by molar-refractivity contribution is 7.89. The number of amides is 2. The minimum absolute atomic E-state index is 0.0976. The van der Waals surface area contributed by atoms with Crippen LogP contribution in [0, 0.1) is 0 Å². The lowest BCUT2D eigenvalue weighted by Gasteiger charge is -2.34. The molecule has 0 bridgehead atoms. The summed E-state index contributed by atoms with van der Waals surface area (Å²) in [6.45, 7) is 0.571. The Morgan fingerprint density at radius 1 is 1.03 bits per heavy atom. The first-order valence-electron chi connectivity index (χ1n) is 9.37. The second-order valence-electron chi connectivity index (χ2n) is 6.59. The van der Waals surface area contributed by atoms with Crippen LogP contribution >= 0.6 is 11.6 Å². The maximum Gasteiger partial charge on any atom is 0.309 e. The maximum atomic E-state index is 12.9. The Bertz CT molecular complexity index is 1000. The number of ether oxygens (including phenoxy) is 1. The van der Waals surface area contributed by atoms with E-state index in [0.717, 1.165) is 0 Å². The molecule has 1 saturated heterocycles. The largest absolute Gasteiger partial charge is 0.360 e. The maximum absolute atomic E-state index is 12.9. The number of carbonyl (C=O) groups is 2. The lowest BCUT2D eigenvalue weighted by molar-refractivity contribution is -0.140. The number of halogens is 1. The predicted octanol–water partition coefficient (Wildman–Crippen LogP) is 1.51. The predicted molar refractivity (Wildman–Crippen MR) is 111 cm³/mol. The summed E-state index contributed by atoms with van der Waals surface area (Å²) < 4.78 is 32.6.